The summed E-state index contributed by atoms with van der Waals surface area (Å²) in [5, 5.41) is 14.2. The number of anilines is 1. The molecule has 1 aromatic carbocycles. The topological polar surface area (TPSA) is 88.5 Å². The lowest BCUT2D eigenvalue weighted by Gasteiger charge is -2.42. The molecule has 0 spiro atoms. The summed E-state index contributed by atoms with van der Waals surface area (Å²) in [6.45, 7) is 4.05. The van der Waals surface area contributed by atoms with Gasteiger partial charge in [-0.2, -0.15) is 18.4 Å². The lowest BCUT2D eigenvalue weighted by molar-refractivity contribution is -0.137. The molecule has 1 saturated heterocycles. The number of amides is 3. The van der Waals surface area contributed by atoms with Gasteiger partial charge in [-0.1, -0.05) is 0 Å². The minimum atomic E-state index is -4.69. The van der Waals surface area contributed by atoms with E-state index in [9.17, 15) is 22.8 Å². The molecule has 1 unspecified atom stereocenters. The molecule has 28 heavy (non-hydrogen) atoms. The Kier molecular flexibility index (Phi) is 6.38. The highest BCUT2D eigenvalue weighted by atomic mass is 19.4. The molecule has 2 rings (SSSR count). The van der Waals surface area contributed by atoms with E-state index in [2.05, 4.69) is 10.6 Å². The Hall–Kier alpha value is -2.96. The van der Waals surface area contributed by atoms with Crippen LogP contribution in [0.15, 0.2) is 18.2 Å². The molecule has 0 aromatic heterocycles. The van der Waals surface area contributed by atoms with Crippen LogP contribution >= 0.6 is 0 Å². The molecule has 0 saturated carbocycles. The van der Waals surface area contributed by atoms with Crippen molar-refractivity contribution in [3.05, 3.63) is 29.3 Å². The number of hydrogen-bond acceptors (Lipinski definition) is 4. The number of nitriles is 1. The maximum absolute atomic E-state index is 13.3. The van der Waals surface area contributed by atoms with Gasteiger partial charge in [0.15, 0.2) is 0 Å². The Morgan fingerprint density at radius 3 is 2.50 bits per heavy atom. The van der Waals surface area contributed by atoms with Gasteiger partial charge < -0.3 is 20.4 Å². The Morgan fingerprint density at radius 2 is 1.96 bits per heavy atom. The zero-order valence-corrected chi connectivity index (χ0v) is 15.8. The number of halogens is 3. The maximum atomic E-state index is 13.3. The Labute approximate surface area is 161 Å². The van der Waals surface area contributed by atoms with Gasteiger partial charge >= 0.3 is 12.2 Å². The monoisotopic (exact) mass is 397 g/mol. The number of rotatable bonds is 3. The quantitative estimate of drug-likeness (QED) is 0.816. The maximum Gasteiger partial charge on any atom is 0.417 e. The summed E-state index contributed by atoms with van der Waals surface area (Å²) < 4.78 is 39.9. The first-order chi connectivity index (χ1) is 13.1. The van der Waals surface area contributed by atoms with Gasteiger partial charge in [0.05, 0.1) is 23.7 Å². The summed E-state index contributed by atoms with van der Waals surface area (Å²) in [5.74, 6) is -0.417. The molecule has 152 valence electrons. The van der Waals surface area contributed by atoms with E-state index in [1.54, 1.807) is 13.8 Å². The van der Waals surface area contributed by atoms with Crippen molar-refractivity contribution in [1.82, 2.24) is 15.5 Å². The summed E-state index contributed by atoms with van der Waals surface area (Å²) in [4.78, 5) is 27.6. The van der Waals surface area contributed by atoms with Crippen LogP contribution in [0.3, 0.4) is 0 Å². The van der Waals surface area contributed by atoms with Gasteiger partial charge in [0.25, 0.3) is 0 Å². The molecule has 1 fully saturated rings. The van der Waals surface area contributed by atoms with Crippen molar-refractivity contribution in [3.63, 3.8) is 0 Å². The third kappa shape index (κ3) is 4.65. The number of alkyl halides is 3. The highest BCUT2D eigenvalue weighted by molar-refractivity contribution is 5.87. The average molecular weight is 397 g/mol. The minimum Gasteiger partial charge on any atom is -0.357 e. The largest absolute Gasteiger partial charge is 0.417 e. The zero-order chi connectivity index (χ0) is 21.1. The van der Waals surface area contributed by atoms with E-state index < -0.39 is 29.3 Å². The SMILES string of the molecule is CNC(=O)C1CN(C(=O)NC(C)C)CCN1c1ccc(C#N)c(C(F)(F)F)c1. The summed E-state index contributed by atoms with van der Waals surface area (Å²) in [6, 6.07) is 3.61. The number of urea groups is 1. The summed E-state index contributed by atoms with van der Waals surface area (Å²) >= 11 is 0. The molecule has 2 N–H and O–H groups in total. The van der Waals surface area contributed by atoms with E-state index in [1.807, 2.05) is 0 Å². The number of carbonyl (C=O) groups is 2. The molecule has 10 heteroatoms. The molecule has 0 bridgehead atoms. The first-order valence-electron chi connectivity index (χ1n) is 8.73. The van der Waals surface area contributed by atoms with Crippen molar-refractivity contribution >= 4 is 17.6 Å². The molecule has 1 aromatic rings. The van der Waals surface area contributed by atoms with Crippen molar-refractivity contribution in [2.45, 2.75) is 32.1 Å². The van der Waals surface area contributed by atoms with Gasteiger partial charge in [-0.25, -0.2) is 4.79 Å². The lowest BCUT2D eigenvalue weighted by atomic mass is 10.0. The Morgan fingerprint density at radius 1 is 1.29 bits per heavy atom. The number of nitrogens with zero attached hydrogens (tertiary/aromatic N) is 3. The third-order valence-corrected chi connectivity index (χ3v) is 4.39. The number of carbonyl (C=O) groups excluding carboxylic acids is 2. The number of nitrogens with one attached hydrogen (secondary N) is 2. The van der Waals surface area contributed by atoms with E-state index in [-0.39, 0.29) is 37.4 Å². The van der Waals surface area contributed by atoms with E-state index in [0.29, 0.717) is 0 Å². The van der Waals surface area contributed by atoms with Crippen LogP contribution in [0.5, 0.6) is 0 Å². The molecule has 1 aliphatic heterocycles. The van der Waals surface area contributed by atoms with Crippen LogP contribution in [0.4, 0.5) is 23.7 Å². The third-order valence-electron chi connectivity index (χ3n) is 4.39. The average Bonchev–Trinajstić information content (AvgIpc) is 2.65. The van der Waals surface area contributed by atoms with Gasteiger partial charge in [-0.15, -0.1) is 0 Å². The standard InChI is InChI=1S/C18H22F3N5O2/c1-11(2)24-17(28)25-6-7-26(15(10-25)16(27)23-3)13-5-4-12(9-22)14(8-13)18(19,20)21/h4-5,8,11,15H,6-7,10H2,1-3H3,(H,23,27)(H,24,28). The fraction of sp³-hybridized carbons (Fsp3) is 0.500. The summed E-state index contributed by atoms with van der Waals surface area (Å²) in [6.07, 6.45) is -4.69. The van der Waals surface area contributed by atoms with Crippen molar-refractivity contribution in [2.24, 2.45) is 0 Å². The van der Waals surface area contributed by atoms with Crippen LogP contribution in [-0.4, -0.2) is 55.6 Å². The molecule has 1 atom stereocenters. The lowest BCUT2D eigenvalue weighted by Crippen LogP contribution is -2.61. The van der Waals surface area contributed by atoms with Crippen LogP contribution in [0, 0.1) is 11.3 Å². The number of hydrogen-bond donors (Lipinski definition) is 2. The van der Waals surface area contributed by atoms with Crippen molar-refractivity contribution in [2.75, 3.05) is 31.6 Å². The number of benzene rings is 1. The van der Waals surface area contributed by atoms with Gasteiger partial charge in [-0.05, 0) is 32.0 Å². The van der Waals surface area contributed by atoms with E-state index in [1.165, 1.54) is 29.0 Å². The van der Waals surface area contributed by atoms with Crippen LogP contribution in [0.2, 0.25) is 0 Å². The molecule has 0 radical (unpaired) electrons. The van der Waals surface area contributed by atoms with Crippen molar-refractivity contribution < 1.29 is 22.8 Å². The first-order valence-corrected chi connectivity index (χ1v) is 8.73. The molecule has 1 heterocycles. The Balaban J connectivity index is 2.36. The predicted octanol–water partition coefficient (Wildman–Crippen LogP) is 1.93. The van der Waals surface area contributed by atoms with Gasteiger partial charge in [0, 0.05) is 31.9 Å². The fourth-order valence-electron chi connectivity index (χ4n) is 3.05. The minimum absolute atomic E-state index is 0.0274. The zero-order valence-electron chi connectivity index (χ0n) is 15.8. The van der Waals surface area contributed by atoms with Crippen molar-refractivity contribution in [1.29, 1.82) is 5.26 Å². The molecule has 0 aliphatic carbocycles. The smallest absolute Gasteiger partial charge is 0.357 e. The van der Waals surface area contributed by atoms with Gasteiger partial charge in [0.2, 0.25) is 5.91 Å². The predicted molar refractivity (Wildman–Crippen MR) is 96.6 cm³/mol. The summed E-state index contributed by atoms with van der Waals surface area (Å²) in [5.41, 5.74) is -1.37. The molecule has 3 amide bonds. The number of piperazine rings is 1. The van der Waals surface area contributed by atoms with Crippen molar-refractivity contribution in [3.8, 4) is 6.07 Å². The fourth-order valence-corrected chi connectivity index (χ4v) is 3.05. The van der Waals surface area contributed by atoms with Gasteiger partial charge in [-0.3, -0.25) is 4.79 Å². The number of likely N-dealkylation sites (N-methyl/N-ethyl adjacent to an activating group) is 1. The van der Waals surface area contributed by atoms with E-state index >= 15 is 0 Å². The van der Waals surface area contributed by atoms with Crippen LogP contribution in [-0.2, 0) is 11.0 Å². The van der Waals surface area contributed by atoms with Crippen LogP contribution in [0.25, 0.3) is 0 Å². The van der Waals surface area contributed by atoms with E-state index in [0.717, 1.165) is 12.1 Å². The summed E-state index contributed by atoms with van der Waals surface area (Å²) in [7, 11) is 1.42. The second-order valence-corrected chi connectivity index (χ2v) is 6.71. The van der Waals surface area contributed by atoms with Crippen LogP contribution in [0.1, 0.15) is 25.0 Å². The van der Waals surface area contributed by atoms with Crippen LogP contribution < -0.4 is 15.5 Å². The Bertz CT molecular complexity index is 788. The second kappa shape index (κ2) is 8.37. The molecular formula is C18H22F3N5O2. The second-order valence-electron chi connectivity index (χ2n) is 6.71. The highest BCUT2D eigenvalue weighted by Gasteiger charge is 2.37. The molecule has 7 nitrogen and oxygen atoms in total. The first kappa shape index (κ1) is 21.3. The highest BCUT2D eigenvalue weighted by Crippen LogP contribution is 2.35. The molecular weight excluding hydrogens is 375 g/mol. The normalized spacial score (nSPS) is 17.3. The molecule has 1 aliphatic rings. The van der Waals surface area contributed by atoms with E-state index in [4.69, 9.17) is 5.26 Å². The van der Waals surface area contributed by atoms with Gasteiger partial charge in [0.1, 0.15) is 6.04 Å².